The molecule has 0 bridgehead atoms. The Bertz CT molecular complexity index is 920. The molecule has 1 fully saturated rings. The maximum atomic E-state index is 12.8. The zero-order valence-corrected chi connectivity index (χ0v) is 15.4. The third-order valence-corrected chi connectivity index (χ3v) is 5.81. The standard InChI is InChI=1S/C20H19N3O3S/c24-15-6-4-14(5-7-15)17-18(16-3-1-12-27-16)23(20(26)19(17)25)10-2-9-22-11-8-21-13-22/h1,3-8,11-13,17-18,24H,2,9-10H2. The quantitative estimate of drug-likeness (QED) is 0.666. The molecule has 0 radical (unpaired) electrons. The molecular weight excluding hydrogens is 362 g/mol. The van der Waals surface area contributed by atoms with Gasteiger partial charge in [-0.2, -0.15) is 0 Å². The van der Waals surface area contributed by atoms with Crippen molar-refractivity contribution in [2.24, 2.45) is 0 Å². The molecule has 7 heteroatoms. The number of hydrogen-bond acceptors (Lipinski definition) is 5. The Labute approximate surface area is 160 Å². The van der Waals surface area contributed by atoms with E-state index >= 15 is 0 Å². The van der Waals surface area contributed by atoms with Crippen LogP contribution >= 0.6 is 11.3 Å². The van der Waals surface area contributed by atoms with Gasteiger partial charge in [-0.05, 0) is 35.6 Å². The van der Waals surface area contributed by atoms with Crippen LogP contribution in [0.25, 0.3) is 0 Å². The molecule has 2 atom stereocenters. The molecule has 3 aromatic rings. The number of aryl methyl sites for hydroxylation is 1. The fourth-order valence-corrected chi connectivity index (χ4v) is 4.47. The summed E-state index contributed by atoms with van der Waals surface area (Å²) in [5.74, 6) is -1.23. The van der Waals surface area contributed by atoms with Crippen LogP contribution in [0.4, 0.5) is 0 Å². The molecule has 1 N–H and O–H groups in total. The van der Waals surface area contributed by atoms with Crippen molar-refractivity contribution in [2.45, 2.75) is 24.9 Å². The molecule has 138 valence electrons. The summed E-state index contributed by atoms with van der Waals surface area (Å²) in [6, 6.07) is 10.2. The first-order valence-electron chi connectivity index (χ1n) is 8.78. The van der Waals surface area contributed by atoms with E-state index in [0.29, 0.717) is 6.54 Å². The minimum absolute atomic E-state index is 0.139. The third kappa shape index (κ3) is 3.38. The maximum absolute atomic E-state index is 12.8. The molecule has 1 aromatic carbocycles. The first kappa shape index (κ1) is 17.5. The van der Waals surface area contributed by atoms with Crippen LogP contribution in [0.2, 0.25) is 0 Å². The van der Waals surface area contributed by atoms with Gasteiger partial charge in [0.05, 0.1) is 18.3 Å². The summed E-state index contributed by atoms with van der Waals surface area (Å²) in [5, 5.41) is 11.5. The summed E-state index contributed by atoms with van der Waals surface area (Å²) in [6.07, 6.45) is 6.08. The molecule has 3 heterocycles. The zero-order valence-electron chi connectivity index (χ0n) is 14.6. The number of hydrogen-bond donors (Lipinski definition) is 1. The topological polar surface area (TPSA) is 75.4 Å². The van der Waals surface area contributed by atoms with Gasteiger partial charge in [-0.25, -0.2) is 4.98 Å². The largest absolute Gasteiger partial charge is 0.508 e. The van der Waals surface area contributed by atoms with Gasteiger partial charge in [0, 0.05) is 30.4 Å². The first-order valence-corrected chi connectivity index (χ1v) is 9.66. The first-order chi connectivity index (χ1) is 13.1. The van der Waals surface area contributed by atoms with Crippen LogP contribution in [0.1, 0.15) is 28.8 Å². The van der Waals surface area contributed by atoms with Crippen molar-refractivity contribution in [1.29, 1.82) is 0 Å². The van der Waals surface area contributed by atoms with E-state index in [1.807, 2.05) is 28.3 Å². The van der Waals surface area contributed by atoms with Crippen LogP contribution < -0.4 is 0 Å². The number of thiophene rings is 1. The number of benzene rings is 1. The van der Waals surface area contributed by atoms with Crippen LogP contribution in [-0.4, -0.2) is 37.8 Å². The highest BCUT2D eigenvalue weighted by atomic mass is 32.1. The number of aromatic hydroxyl groups is 1. The number of rotatable bonds is 6. The van der Waals surface area contributed by atoms with Crippen molar-refractivity contribution < 1.29 is 14.7 Å². The number of imidazole rings is 1. The van der Waals surface area contributed by atoms with Crippen LogP contribution in [0, 0.1) is 0 Å². The minimum atomic E-state index is -0.551. The number of nitrogens with zero attached hydrogens (tertiary/aromatic N) is 3. The Morgan fingerprint density at radius 2 is 1.93 bits per heavy atom. The SMILES string of the molecule is O=C1C(=O)N(CCCn2ccnc2)C(c2cccs2)C1c1ccc(O)cc1. The second kappa shape index (κ2) is 7.36. The monoisotopic (exact) mass is 381 g/mol. The van der Waals surface area contributed by atoms with Crippen molar-refractivity contribution in [3.05, 3.63) is 70.9 Å². The average molecular weight is 381 g/mol. The average Bonchev–Trinajstić information content (AvgIpc) is 3.41. The summed E-state index contributed by atoms with van der Waals surface area (Å²) in [7, 11) is 0. The molecule has 27 heavy (non-hydrogen) atoms. The zero-order chi connectivity index (χ0) is 18.8. The molecule has 0 aliphatic carbocycles. The highest BCUT2D eigenvalue weighted by molar-refractivity contribution is 7.10. The van der Waals surface area contributed by atoms with Gasteiger partial charge in [-0.15, -0.1) is 11.3 Å². The van der Waals surface area contributed by atoms with Crippen molar-refractivity contribution in [3.8, 4) is 5.75 Å². The van der Waals surface area contributed by atoms with E-state index in [2.05, 4.69) is 4.98 Å². The lowest BCUT2D eigenvalue weighted by molar-refractivity contribution is -0.140. The van der Waals surface area contributed by atoms with Gasteiger partial charge in [0.25, 0.3) is 5.91 Å². The normalized spacial score (nSPS) is 19.8. The molecule has 1 amide bonds. The number of likely N-dealkylation sites (tertiary alicyclic amines) is 1. The molecule has 2 unspecified atom stereocenters. The second-order valence-electron chi connectivity index (χ2n) is 6.55. The summed E-state index contributed by atoms with van der Waals surface area (Å²) < 4.78 is 1.96. The smallest absolute Gasteiger partial charge is 0.291 e. The number of phenolic OH excluding ortho intramolecular Hbond substituents is 1. The predicted molar refractivity (Wildman–Crippen MR) is 101 cm³/mol. The number of amides is 1. The summed E-state index contributed by atoms with van der Waals surface area (Å²) in [5.41, 5.74) is 0.752. The van der Waals surface area contributed by atoms with Gasteiger partial charge in [-0.1, -0.05) is 18.2 Å². The van der Waals surface area contributed by atoms with E-state index in [-0.39, 0.29) is 17.6 Å². The maximum Gasteiger partial charge on any atom is 0.291 e. The Morgan fingerprint density at radius 3 is 2.59 bits per heavy atom. The number of carbonyl (C=O) groups excluding carboxylic acids is 2. The van der Waals surface area contributed by atoms with Crippen molar-refractivity contribution in [2.75, 3.05) is 6.54 Å². The number of ketones is 1. The lowest BCUT2D eigenvalue weighted by Gasteiger charge is -2.26. The van der Waals surface area contributed by atoms with E-state index < -0.39 is 11.8 Å². The third-order valence-electron chi connectivity index (χ3n) is 4.87. The van der Waals surface area contributed by atoms with Gasteiger partial charge in [0.15, 0.2) is 0 Å². The van der Waals surface area contributed by atoms with E-state index in [1.165, 1.54) is 0 Å². The lowest BCUT2D eigenvalue weighted by atomic mass is 9.90. The molecule has 1 aliphatic heterocycles. The number of phenols is 1. The van der Waals surface area contributed by atoms with Crippen LogP contribution in [0.15, 0.2) is 60.5 Å². The van der Waals surface area contributed by atoms with Crippen molar-refractivity contribution >= 4 is 23.0 Å². The molecule has 4 rings (SSSR count). The van der Waals surface area contributed by atoms with Gasteiger partial charge in [0.2, 0.25) is 5.78 Å². The van der Waals surface area contributed by atoms with E-state index in [4.69, 9.17) is 0 Å². The highest BCUT2D eigenvalue weighted by Gasteiger charge is 2.48. The number of Topliss-reactive ketones (excluding diaryl/α,β-unsaturated/α-hetero) is 1. The summed E-state index contributed by atoms with van der Waals surface area (Å²) in [4.78, 5) is 32.3. The van der Waals surface area contributed by atoms with Crippen LogP contribution in [0.5, 0.6) is 5.75 Å². The van der Waals surface area contributed by atoms with Crippen LogP contribution in [-0.2, 0) is 16.1 Å². The predicted octanol–water partition coefficient (Wildman–Crippen LogP) is 2.98. The van der Waals surface area contributed by atoms with E-state index in [1.54, 1.807) is 53.0 Å². The Kier molecular flexibility index (Phi) is 4.77. The molecule has 1 saturated heterocycles. The fourth-order valence-electron chi connectivity index (χ4n) is 3.60. The van der Waals surface area contributed by atoms with Crippen molar-refractivity contribution in [3.63, 3.8) is 0 Å². The summed E-state index contributed by atoms with van der Waals surface area (Å²) in [6.45, 7) is 1.24. The Balaban J connectivity index is 1.62. The molecule has 0 saturated carbocycles. The molecule has 0 spiro atoms. The van der Waals surface area contributed by atoms with Crippen LogP contribution in [0.3, 0.4) is 0 Å². The summed E-state index contributed by atoms with van der Waals surface area (Å²) >= 11 is 1.55. The van der Waals surface area contributed by atoms with Gasteiger partial charge >= 0.3 is 0 Å². The van der Waals surface area contributed by atoms with Gasteiger partial charge in [0.1, 0.15) is 5.75 Å². The second-order valence-corrected chi connectivity index (χ2v) is 7.53. The molecular formula is C20H19N3O3S. The lowest BCUT2D eigenvalue weighted by Crippen LogP contribution is -2.31. The highest BCUT2D eigenvalue weighted by Crippen LogP contribution is 2.44. The van der Waals surface area contributed by atoms with E-state index in [9.17, 15) is 14.7 Å². The van der Waals surface area contributed by atoms with Gasteiger partial charge < -0.3 is 14.6 Å². The Hall–Kier alpha value is -2.93. The number of carbonyl (C=O) groups is 2. The minimum Gasteiger partial charge on any atom is -0.508 e. The fraction of sp³-hybridized carbons (Fsp3) is 0.250. The molecule has 1 aliphatic rings. The Morgan fingerprint density at radius 1 is 1.11 bits per heavy atom. The molecule has 6 nitrogen and oxygen atoms in total. The van der Waals surface area contributed by atoms with Gasteiger partial charge in [-0.3, -0.25) is 9.59 Å². The van der Waals surface area contributed by atoms with Crippen molar-refractivity contribution in [1.82, 2.24) is 14.5 Å². The molecule has 2 aromatic heterocycles. The van der Waals surface area contributed by atoms with E-state index in [0.717, 1.165) is 23.4 Å². The number of aromatic nitrogens is 2.